The van der Waals surface area contributed by atoms with E-state index in [4.69, 9.17) is 9.47 Å². The molecule has 0 spiro atoms. The van der Waals surface area contributed by atoms with Crippen LogP contribution < -0.4 is 14.8 Å². The second kappa shape index (κ2) is 8.25. The van der Waals surface area contributed by atoms with E-state index >= 15 is 0 Å². The van der Waals surface area contributed by atoms with E-state index in [0.717, 1.165) is 30.9 Å². The summed E-state index contributed by atoms with van der Waals surface area (Å²) in [4.78, 5) is 0. The Hall–Kier alpha value is -1.26. The number of aliphatic hydroxyl groups excluding tert-OH is 1. The predicted octanol–water partition coefficient (Wildman–Crippen LogP) is 2.73. The van der Waals surface area contributed by atoms with E-state index in [9.17, 15) is 5.11 Å². The fourth-order valence-corrected chi connectivity index (χ4v) is 3.11. The van der Waals surface area contributed by atoms with Gasteiger partial charge in [-0.25, -0.2) is 0 Å². The van der Waals surface area contributed by atoms with E-state index in [-0.39, 0.29) is 6.61 Å². The Labute approximate surface area is 127 Å². The first-order valence-electron chi connectivity index (χ1n) is 7.83. The van der Waals surface area contributed by atoms with Crippen LogP contribution in [0.1, 0.15) is 37.7 Å². The number of benzene rings is 1. The SMILES string of the molecule is COc1ccc(CNC2CCCCCC2CO)cc1OC. The third-order valence-electron chi connectivity index (χ3n) is 4.41. The highest BCUT2D eigenvalue weighted by Gasteiger charge is 2.22. The number of aliphatic hydroxyl groups is 1. The number of hydrogen-bond acceptors (Lipinski definition) is 4. The van der Waals surface area contributed by atoms with Crippen molar-refractivity contribution in [3.8, 4) is 11.5 Å². The second-order valence-electron chi connectivity index (χ2n) is 5.76. The Bertz CT molecular complexity index is 436. The van der Waals surface area contributed by atoms with Crippen LogP contribution in [-0.2, 0) is 6.54 Å². The summed E-state index contributed by atoms with van der Waals surface area (Å²) in [6.07, 6.45) is 6.05. The van der Waals surface area contributed by atoms with Crippen LogP contribution in [0, 0.1) is 5.92 Å². The number of hydrogen-bond donors (Lipinski definition) is 2. The van der Waals surface area contributed by atoms with E-state index in [1.165, 1.54) is 24.8 Å². The summed E-state index contributed by atoms with van der Waals surface area (Å²) in [5.41, 5.74) is 1.17. The molecule has 0 amide bonds. The summed E-state index contributed by atoms with van der Waals surface area (Å²) in [5.74, 6) is 1.90. The lowest BCUT2D eigenvalue weighted by Crippen LogP contribution is -2.36. The highest BCUT2D eigenvalue weighted by Crippen LogP contribution is 2.28. The molecule has 0 aromatic heterocycles. The molecule has 4 heteroatoms. The van der Waals surface area contributed by atoms with Crippen molar-refractivity contribution in [1.82, 2.24) is 5.32 Å². The fourth-order valence-electron chi connectivity index (χ4n) is 3.11. The molecule has 2 N–H and O–H groups in total. The lowest BCUT2D eigenvalue weighted by Gasteiger charge is -2.24. The number of ether oxygens (including phenoxy) is 2. The molecule has 1 aromatic rings. The maximum atomic E-state index is 9.56. The largest absolute Gasteiger partial charge is 0.493 e. The van der Waals surface area contributed by atoms with Crippen LogP contribution in [0.2, 0.25) is 0 Å². The first-order valence-corrected chi connectivity index (χ1v) is 7.83. The van der Waals surface area contributed by atoms with Gasteiger partial charge in [0, 0.05) is 19.2 Å². The molecule has 1 saturated carbocycles. The first kappa shape index (κ1) is 16.1. The topological polar surface area (TPSA) is 50.7 Å². The maximum absolute atomic E-state index is 9.56. The molecule has 0 radical (unpaired) electrons. The van der Waals surface area contributed by atoms with Gasteiger partial charge in [0.15, 0.2) is 11.5 Å². The van der Waals surface area contributed by atoms with Gasteiger partial charge in [-0.2, -0.15) is 0 Å². The molecule has 118 valence electrons. The van der Waals surface area contributed by atoms with E-state index in [0.29, 0.717) is 12.0 Å². The minimum Gasteiger partial charge on any atom is -0.493 e. The van der Waals surface area contributed by atoms with Gasteiger partial charge in [0.1, 0.15) is 0 Å². The van der Waals surface area contributed by atoms with Crippen molar-refractivity contribution < 1.29 is 14.6 Å². The average molecular weight is 293 g/mol. The summed E-state index contributed by atoms with van der Waals surface area (Å²) in [6.45, 7) is 1.07. The normalized spacial score (nSPS) is 22.6. The summed E-state index contributed by atoms with van der Waals surface area (Å²) >= 11 is 0. The van der Waals surface area contributed by atoms with E-state index in [2.05, 4.69) is 11.4 Å². The highest BCUT2D eigenvalue weighted by atomic mass is 16.5. The fraction of sp³-hybridized carbons (Fsp3) is 0.647. The molecular weight excluding hydrogens is 266 g/mol. The van der Waals surface area contributed by atoms with Gasteiger partial charge in [0.25, 0.3) is 0 Å². The molecule has 2 unspecified atom stereocenters. The minimum absolute atomic E-state index is 0.281. The lowest BCUT2D eigenvalue weighted by atomic mass is 9.95. The van der Waals surface area contributed by atoms with Crippen molar-refractivity contribution in [2.75, 3.05) is 20.8 Å². The van der Waals surface area contributed by atoms with Crippen molar-refractivity contribution in [2.45, 2.75) is 44.7 Å². The number of rotatable bonds is 6. The Balaban J connectivity index is 1.97. The quantitative estimate of drug-likeness (QED) is 0.792. The van der Waals surface area contributed by atoms with Gasteiger partial charge in [-0.05, 0) is 36.5 Å². The van der Waals surface area contributed by atoms with E-state index < -0.39 is 0 Å². The van der Waals surface area contributed by atoms with Crippen LogP contribution in [0.15, 0.2) is 18.2 Å². The molecule has 2 atom stereocenters. The third kappa shape index (κ3) is 4.35. The summed E-state index contributed by atoms with van der Waals surface area (Å²) in [5, 5.41) is 13.2. The van der Waals surface area contributed by atoms with Crippen LogP contribution in [-0.4, -0.2) is 32.0 Å². The van der Waals surface area contributed by atoms with Gasteiger partial charge in [-0.3, -0.25) is 0 Å². The van der Waals surface area contributed by atoms with Crippen LogP contribution >= 0.6 is 0 Å². The smallest absolute Gasteiger partial charge is 0.161 e. The van der Waals surface area contributed by atoms with Gasteiger partial charge >= 0.3 is 0 Å². The predicted molar refractivity (Wildman–Crippen MR) is 83.8 cm³/mol. The molecule has 0 heterocycles. The summed E-state index contributed by atoms with van der Waals surface area (Å²) in [6, 6.07) is 6.41. The van der Waals surface area contributed by atoms with Gasteiger partial charge in [-0.15, -0.1) is 0 Å². The molecule has 0 bridgehead atoms. The minimum atomic E-state index is 0.281. The highest BCUT2D eigenvalue weighted by molar-refractivity contribution is 5.42. The third-order valence-corrected chi connectivity index (χ3v) is 4.41. The van der Waals surface area contributed by atoms with Crippen molar-refractivity contribution >= 4 is 0 Å². The molecule has 4 nitrogen and oxygen atoms in total. The average Bonchev–Trinajstić information content (AvgIpc) is 2.77. The number of methoxy groups -OCH3 is 2. The van der Waals surface area contributed by atoms with Crippen LogP contribution in [0.25, 0.3) is 0 Å². The molecule has 0 aliphatic heterocycles. The zero-order valence-corrected chi connectivity index (χ0v) is 13.1. The van der Waals surface area contributed by atoms with E-state index in [1.807, 2.05) is 12.1 Å². The van der Waals surface area contributed by atoms with Gasteiger partial charge in [0.05, 0.1) is 14.2 Å². The number of nitrogens with one attached hydrogen (secondary N) is 1. The van der Waals surface area contributed by atoms with Crippen molar-refractivity contribution in [3.05, 3.63) is 23.8 Å². The molecule has 1 aromatic carbocycles. The molecule has 21 heavy (non-hydrogen) atoms. The van der Waals surface area contributed by atoms with Crippen LogP contribution in [0.3, 0.4) is 0 Å². The Kier molecular flexibility index (Phi) is 6.33. The monoisotopic (exact) mass is 293 g/mol. The lowest BCUT2D eigenvalue weighted by molar-refractivity contribution is 0.181. The molecule has 1 aliphatic carbocycles. The van der Waals surface area contributed by atoms with Gasteiger partial charge in [-0.1, -0.05) is 25.3 Å². The zero-order valence-electron chi connectivity index (χ0n) is 13.1. The van der Waals surface area contributed by atoms with E-state index in [1.54, 1.807) is 14.2 Å². The van der Waals surface area contributed by atoms with Crippen molar-refractivity contribution in [3.63, 3.8) is 0 Å². The van der Waals surface area contributed by atoms with Gasteiger partial charge < -0.3 is 19.9 Å². The molecule has 2 rings (SSSR count). The Morgan fingerprint density at radius 2 is 1.86 bits per heavy atom. The Morgan fingerprint density at radius 1 is 1.10 bits per heavy atom. The first-order chi connectivity index (χ1) is 10.3. The van der Waals surface area contributed by atoms with Crippen molar-refractivity contribution in [2.24, 2.45) is 5.92 Å². The van der Waals surface area contributed by atoms with Crippen LogP contribution in [0.5, 0.6) is 11.5 Å². The molecular formula is C17H27NO3. The molecule has 0 saturated heterocycles. The Morgan fingerprint density at radius 3 is 2.57 bits per heavy atom. The van der Waals surface area contributed by atoms with Crippen molar-refractivity contribution in [1.29, 1.82) is 0 Å². The second-order valence-corrected chi connectivity index (χ2v) is 5.76. The zero-order chi connectivity index (χ0) is 15.1. The van der Waals surface area contributed by atoms with Crippen LogP contribution in [0.4, 0.5) is 0 Å². The van der Waals surface area contributed by atoms with Gasteiger partial charge in [0.2, 0.25) is 0 Å². The summed E-state index contributed by atoms with van der Waals surface area (Å²) in [7, 11) is 3.30. The molecule has 1 fully saturated rings. The summed E-state index contributed by atoms with van der Waals surface area (Å²) < 4.78 is 10.6. The maximum Gasteiger partial charge on any atom is 0.161 e. The standard InChI is InChI=1S/C17H27NO3/c1-20-16-9-8-13(10-17(16)21-2)11-18-15-7-5-3-4-6-14(15)12-19/h8-10,14-15,18-19H,3-7,11-12H2,1-2H3. The molecule has 1 aliphatic rings.